The standard InChI is InChI=1S/C14H22O4/c1-6-8-16-14-13(17-11(5)15)10(4)9(3)12(7-2)18-14/h1,9-10,12-14H,7-8H2,2-5H3. The largest absolute Gasteiger partial charge is 0.457 e. The molecule has 0 aromatic heterocycles. The predicted octanol–water partition coefficient (Wildman–Crippen LogP) is 1.97. The number of carbonyl (C=O) groups excluding carboxylic acids is 1. The van der Waals surface area contributed by atoms with Gasteiger partial charge in [0.2, 0.25) is 0 Å². The first-order valence-corrected chi connectivity index (χ1v) is 6.39. The molecule has 1 fully saturated rings. The number of terminal acetylenes is 1. The molecule has 1 aliphatic heterocycles. The molecular formula is C14H22O4. The number of hydrogen-bond acceptors (Lipinski definition) is 4. The normalized spacial score (nSPS) is 35.8. The molecule has 18 heavy (non-hydrogen) atoms. The van der Waals surface area contributed by atoms with E-state index < -0.39 is 12.4 Å². The summed E-state index contributed by atoms with van der Waals surface area (Å²) in [5, 5.41) is 0. The lowest BCUT2D eigenvalue weighted by Gasteiger charge is -2.43. The Morgan fingerprint density at radius 3 is 2.56 bits per heavy atom. The van der Waals surface area contributed by atoms with Crippen LogP contribution < -0.4 is 0 Å². The zero-order chi connectivity index (χ0) is 13.7. The molecular weight excluding hydrogens is 232 g/mol. The first-order valence-electron chi connectivity index (χ1n) is 6.39. The molecule has 0 radical (unpaired) electrons. The van der Waals surface area contributed by atoms with Crippen molar-refractivity contribution >= 4 is 5.97 Å². The van der Waals surface area contributed by atoms with Crippen LogP contribution in [0.1, 0.15) is 34.1 Å². The van der Waals surface area contributed by atoms with Crippen LogP contribution in [0.25, 0.3) is 0 Å². The van der Waals surface area contributed by atoms with Crippen molar-refractivity contribution in [3.8, 4) is 12.3 Å². The highest BCUT2D eigenvalue weighted by Crippen LogP contribution is 2.34. The van der Waals surface area contributed by atoms with Gasteiger partial charge in [0.15, 0.2) is 12.4 Å². The minimum atomic E-state index is -0.568. The maximum Gasteiger partial charge on any atom is 0.303 e. The van der Waals surface area contributed by atoms with Crippen LogP contribution in [-0.4, -0.2) is 31.1 Å². The van der Waals surface area contributed by atoms with Gasteiger partial charge in [-0.2, -0.15) is 0 Å². The van der Waals surface area contributed by atoms with Crippen LogP contribution in [0.4, 0.5) is 0 Å². The zero-order valence-corrected chi connectivity index (χ0v) is 11.5. The minimum absolute atomic E-state index is 0.106. The van der Waals surface area contributed by atoms with E-state index in [-0.39, 0.29) is 24.6 Å². The highest BCUT2D eigenvalue weighted by Gasteiger charge is 2.43. The summed E-state index contributed by atoms with van der Waals surface area (Å²) < 4.78 is 16.6. The summed E-state index contributed by atoms with van der Waals surface area (Å²) in [4.78, 5) is 11.2. The average molecular weight is 254 g/mol. The van der Waals surface area contributed by atoms with E-state index in [2.05, 4.69) is 26.7 Å². The van der Waals surface area contributed by atoms with Crippen LogP contribution in [0.15, 0.2) is 0 Å². The number of esters is 1. The molecule has 1 saturated heterocycles. The van der Waals surface area contributed by atoms with Crippen LogP contribution in [0, 0.1) is 24.2 Å². The molecule has 1 heterocycles. The smallest absolute Gasteiger partial charge is 0.303 e. The molecule has 102 valence electrons. The molecule has 5 unspecified atom stereocenters. The fraction of sp³-hybridized carbons (Fsp3) is 0.786. The van der Waals surface area contributed by atoms with Gasteiger partial charge in [0, 0.05) is 12.8 Å². The van der Waals surface area contributed by atoms with E-state index in [4.69, 9.17) is 20.6 Å². The Morgan fingerprint density at radius 2 is 2.06 bits per heavy atom. The van der Waals surface area contributed by atoms with Crippen molar-refractivity contribution in [2.45, 2.75) is 52.6 Å². The van der Waals surface area contributed by atoms with E-state index in [1.54, 1.807) is 0 Å². The van der Waals surface area contributed by atoms with Crippen molar-refractivity contribution < 1.29 is 19.0 Å². The van der Waals surface area contributed by atoms with Crippen LogP contribution >= 0.6 is 0 Å². The third-order valence-electron chi connectivity index (χ3n) is 3.55. The van der Waals surface area contributed by atoms with Gasteiger partial charge < -0.3 is 14.2 Å². The second kappa shape index (κ2) is 6.77. The molecule has 4 nitrogen and oxygen atoms in total. The van der Waals surface area contributed by atoms with Crippen LogP contribution in [0.3, 0.4) is 0 Å². The molecule has 0 aromatic rings. The quantitative estimate of drug-likeness (QED) is 0.568. The molecule has 4 heteroatoms. The number of carbonyl (C=O) groups is 1. The van der Waals surface area contributed by atoms with Gasteiger partial charge in [-0.15, -0.1) is 6.42 Å². The monoisotopic (exact) mass is 254 g/mol. The lowest BCUT2D eigenvalue weighted by molar-refractivity contribution is -0.271. The molecule has 1 aliphatic rings. The summed E-state index contributed by atoms with van der Waals surface area (Å²) in [7, 11) is 0. The second-order valence-corrected chi connectivity index (χ2v) is 4.76. The number of rotatable bonds is 4. The summed E-state index contributed by atoms with van der Waals surface area (Å²) in [5.74, 6) is 2.56. The Labute approximate surface area is 109 Å². The fourth-order valence-electron chi connectivity index (χ4n) is 2.35. The molecule has 0 amide bonds. The van der Waals surface area contributed by atoms with E-state index >= 15 is 0 Å². The Bertz CT molecular complexity index is 320. The maximum atomic E-state index is 11.2. The van der Waals surface area contributed by atoms with Crippen LogP contribution in [0.2, 0.25) is 0 Å². The first kappa shape index (κ1) is 15.0. The summed E-state index contributed by atoms with van der Waals surface area (Å²) in [5.41, 5.74) is 0. The van der Waals surface area contributed by atoms with Crippen molar-refractivity contribution in [1.29, 1.82) is 0 Å². The van der Waals surface area contributed by atoms with Gasteiger partial charge in [-0.1, -0.05) is 26.7 Å². The summed E-state index contributed by atoms with van der Waals surface area (Å²) >= 11 is 0. The van der Waals surface area contributed by atoms with Gasteiger partial charge in [-0.05, 0) is 12.3 Å². The Balaban J connectivity index is 2.80. The molecule has 5 atom stereocenters. The molecule has 0 aromatic carbocycles. The zero-order valence-electron chi connectivity index (χ0n) is 11.5. The van der Waals surface area contributed by atoms with Gasteiger partial charge >= 0.3 is 5.97 Å². The molecule has 0 saturated carbocycles. The number of hydrogen-bond donors (Lipinski definition) is 0. The van der Waals surface area contributed by atoms with Crippen molar-refractivity contribution in [2.24, 2.45) is 11.8 Å². The Hall–Kier alpha value is -1.05. The third kappa shape index (κ3) is 3.47. The summed E-state index contributed by atoms with van der Waals surface area (Å²) in [6.07, 6.45) is 5.22. The van der Waals surface area contributed by atoms with Gasteiger partial charge in [-0.25, -0.2) is 0 Å². The number of ether oxygens (including phenoxy) is 3. The third-order valence-corrected chi connectivity index (χ3v) is 3.55. The maximum absolute atomic E-state index is 11.2. The molecule has 0 bridgehead atoms. The summed E-state index contributed by atoms with van der Waals surface area (Å²) in [6.45, 7) is 7.77. The SMILES string of the molecule is C#CCOC1OC(CC)C(C)C(C)C1OC(C)=O. The lowest BCUT2D eigenvalue weighted by Crippen LogP contribution is -2.51. The van der Waals surface area contributed by atoms with E-state index in [1.165, 1.54) is 6.92 Å². The van der Waals surface area contributed by atoms with E-state index in [9.17, 15) is 4.79 Å². The Morgan fingerprint density at radius 1 is 1.39 bits per heavy atom. The van der Waals surface area contributed by atoms with Crippen LogP contribution in [-0.2, 0) is 19.0 Å². The van der Waals surface area contributed by atoms with Crippen LogP contribution in [0.5, 0.6) is 0 Å². The average Bonchev–Trinajstić information content (AvgIpc) is 2.33. The van der Waals surface area contributed by atoms with Gasteiger partial charge in [0.05, 0.1) is 6.10 Å². The van der Waals surface area contributed by atoms with E-state index in [0.29, 0.717) is 5.92 Å². The van der Waals surface area contributed by atoms with Crippen molar-refractivity contribution in [1.82, 2.24) is 0 Å². The molecule has 0 aliphatic carbocycles. The van der Waals surface area contributed by atoms with Crippen molar-refractivity contribution in [2.75, 3.05) is 6.61 Å². The van der Waals surface area contributed by atoms with Crippen molar-refractivity contribution in [3.63, 3.8) is 0 Å². The molecule has 0 spiro atoms. The highest BCUT2D eigenvalue weighted by molar-refractivity contribution is 5.66. The topological polar surface area (TPSA) is 44.8 Å². The van der Waals surface area contributed by atoms with E-state index in [0.717, 1.165) is 6.42 Å². The second-order valence-electron chi connectivity index (χ2n) is 4.76. The highest BCUT2D eigenvalue weighted by atomic mass is 16.7. The summed E-state index contributed by atoms with van der Waals surface area (Å²) in [6, 6.07) is 0. The van der Waals surface area contributed by atoms with Gasteiger partial charge in [-0.3, -0.25) is 4.79 Å². The molecule has 1 rings (SSSR count). The van der Waals surface area contributed by atoms with Gasteiger partial charge in [0.1, 0.15) is 6.61 Å². The Kier molecular flexibility index (Phi) is 5.64. The lowest BCUT2D eigenvalue weighted by atomic mass is 9.82. The van der Waals surface area contributed by atoms with Gasteiger partial charge in [0.25, 0.3) is 0 Å². The predicted molar refractivity (Wildman–Crippen MR) is 67.6 cm³/mol. The van der Waals surface area contributed by atoms with E-state index in [1.807, 2.05) is 0 Å². The first-order chi connectivity index (χ1) is 8.51. The molecule has 0 N–H and O–H groups in total. The van der Waals surface area contributed by atoms with Crippen molar-refractivity contribution in [3.05, 3.63) is 0 Å². The minimum Gasteiger partial charge on any atom is -0.457 e. The fourth-order valence-corrected chi connectivity index (χ4v) is 2.35.